The molecule has 0 N–H and O–H groups in total. The number of hydrogen-bond acceptors (Lipinski definition) is 4. The van der Waals surface area contributed by atoms with Gasteiger partial charge >= 0.3 is 0 Å². The van der Waals surface area contributed by atoms with Crippen molar-refractivity contribution < 1.29 is 0 Å². The van der Waals surface area contributed by atoms with Gasteiger partial charge in [-0.25, -0.2) is 19.9 Å². The van der Waals surface area contributed by atoms with Crippen LogP contribution in [-0.4, -0.2) is 24.3 Å². The van der Waals surface area contributed by atoms with E-state index in [2.05, 4.69) is 199 Å². The van der Waals surface area contributed by atoms with E-state index in [1.807, 2.05) is 18.2 Å². The summed E-state index contributed by atoms with van der Waals surface area (Å²) in [4.78, 5) is 21.2. The Morgan fingerprint density at radius 3 is 1.61 bits per heavy atom. The second-order valence-corrected chi connectivity index (χ2v) is 16.2. The van der Waals surface area contributed by atoms with Gasteiger partial charge in [-0.15, -0.1) is 0 Å². The fourth-order valence-electron chi connectivity index (χ4n) is 10.3. The molecule has 11 aromatic rings. The van der Waals surface area contributed by atoms with E-state index in [1.54, 1.807) is 0 Å². The van der Waals surface area contributed by atoms with Gasteiger partial charge in [0.2, 0.25) is 0 Å². The lowest BCUT2D eigenvalue weighted by atomic mass is 9.70. The predicted molar refractivity (Wildman–Crippen MR) is 250 cm³/mol. The van der Waals surface area contributed by atoms with Crippen molar-refractivity contribution in [3.8, 4) is 78.9 Å². The lowest BCUT2D eigenvalue weighted by Gasteiger charge is -2.30. The Hall–Kier alpha value is -8.28. The first-order valence-corrected chi connectivity index (χ1v) is 21.1. The van der Waals surface area contributed by atoms with Crippen LogP contribution in [0.25, 0.3) is 95.4 Å². The second-order valence-electron chi connectivity index (χ2n) is 16.2. The third-order valence-electron chi connectivity index (χ3n) is 12.9. The van der Waals surface area contributed by atoms with Crippen molar-refractivity contribution in [2.45, 2.75) is 5.41 Å². The molecule has 2 aliphatic rings. The van der Waals surface area contributed by atoms with Crippen LogP contribution in [0.15, 0.2) is 212 Å². The predicted octanol–water partition coefficient (Wildman–Crippen LogP) is 13.4. The Morgan fingerprint density at radius 2 is 0.871 bits per heavy atom. The maximum Gasteiger partial charge on any atom is 0.164 e. The van der Waals surface area contributed by atoms with Crippen LogP contribution in [0.2, 0.25) is 0 Å². The summed E-state index contributed by atoms with van der Waals surface area (Å²) >= 11 is 0. The minimum atomic E-state index is -0.484. The Balaban J connectivity index is 1.04. The molecule has 0 saturated heterocycles. The average Bonchev–Trinajstić information content (AvgIpc) is 3.98. The van der Waals surface area contributed by atoms with Crippen LogP contribution in [0.5, 0.6) is 0 Å². The third-order valence-corrected chi connectivity index (χ3v) is 12.9. The van der Waals surface area contributed by atoms with Gasteiger partial charge in [-0.1, -0.05) is 182 Å². The SMILES string of the molecule is c1ccc(-c2c(-c3cccc(-c4nc(-c5ccc6c(c5)C5(c7ccccc7-c7ccccc75)c5ccccc5-6)nc(-c5cccc6ccccc56)n4)c3)nc3ccccn23)cc1. The van der Waals surface area contributed by atoms with E-state index in [0.717, 1.165) is 55.6 Å². The molecule has 0 atom stereocenters. The van der Waals surface area contributed by atoms with E-state index in [0.29, 0.717) is 17.5 Å². The van der Waals surface area contributed by atoms with E-state index in [1.165, 1.54) is 44.5 Å². The molecule has 3 heterocycles. The Bertz CT molecular complexity index is 3530. The number of fused-ring (bicyclic) bond motifs is 12. The molecule has 62 heavy (non-hydrogen) atoms. The molecule has 288 valence electrons. The summed E-state index contributed by atoms with van der Waals surface area (Å²) in [5, 5.41) is 2.22. The molecule has 5 nitrogen and oxygen atoms in total. The summed E-state index contributed by atoms with van der Waals surface area (Å²) in [5.41, 5.74) is 17.4. The molecule has 5 heteroatoms. The van der Waals surface area contributed by atoms with E-state index >= 15 is 0 Å². The van der Waals surface area contributed by atoms with Crippen LogP contribution < -0.4 is 0 Å². The summed E-state index contributed by atoms with van der Waals surface area (Å²) in [6.45, 7) is 0. The van der Waals surface area contributed by atoms with E-state index < -0.39 is 5.41 Å². The Morgan fingerprint density at radius 1 is 0.339 bits per heavy atom. The number of hydrogen-bond donors (Lipinski definition) is 0. The van der Waals surface area contributed by atoms with Gasteiger partial charge in [-0.3, -0.25) is 4.40 Å². The molecule has 2 aliphatic carbocycles. The van der Waals surface area contributed by atoms with Crippen molar-refractivity contribution in [3.63, 3.8) is 0 Å². The number of benzene rings is 8. The first-order chi connectivity index (χ1) is 30.7. The second kappa shape index (κ2) is 13.4. The molecule has 0 fully saturated rings. The van der Waals surface area contributed by atoms with Gasteiger partial charge in [-0.2, -0.15) is 0 Å². The summed E-state index contributed by atoms with van der Waals surface area (Å²) in [6.07, 6.45) is 2.08. The first kappa shape index (κ1) is 34.6. The lowest BCUT2D eigenvalue weighted by molar-refractivity contribution is 0.794. The Labute approximate surface area is 358 Å². The molecule has 0 saturated carbocycles. The molecular weight excluding hydrogens is 755 g/mol. The highest BCUT2D eigenvalue weighted by Gasteiger charge is 2.51. The van der Waals surface area contributed by atoms with E-state index in [-0.39, 0.29) is 0 Å². The third kappa shape index (κ3) is 4.96. The standard InChI is InChI=1S/C57H35N5/c1-2-17-37(18-3-1)53-52(58-51-30-12-13-33-62(51)53)38-20-14-21-39(34-38)54-59-55(61-56(60-54)46-26-15-19-36-16-4-5-22-41(36)46)40-31-32-45-44-25-8-11-29-49(44)57(50(45)35-40)47-27-9-6-23-42(47)43-24-7-10-28-48(43)57/h1-35H. The summed E-state index contributed by atoms with van der Waals surface area (Å²) in [7, 11) is 0. The van der Waals surface area contributed by atoms with E-state index in [4.69, 9.17) is 19.9 Å². The van der Waals surface area contributed by atoms with Crippen molar-refractivity contribution in [1.29, 1.82) is 0 Å². The quantitative estimate of drug-likeness (QED) is 0.174. The van der Waals surface area contributed by atoms with E-state index in [9.17, 15) is 0 Å². The van der Waals surface area contributed by atoms with Crippen LogP contribution in [0, 0.1) is 0 Å². The number of rotatable bonds is 5. The highest BCUT2D eigenvalue weighted by Crippen LogP contribution is 2.63. The topological polar surface area (TPSA) is 56.0 Å². The Kier molecular flexibility index (Phi) is 7.45. The molecule has 0 amide bonds. The summed E-state index contributed by atoms with van der Waals surface area (Å²) in [5.74, 6) is 1.84. The maximum absolute atomic E-state index is 5.37. The van der Waals surface area contributed by atoms with Crippen LogP contribution in [0.4, 0.5) is 0 Å². The summed E-state index contributed by atoms with van der Waals surface area (Å²) in [6, 6.07) is 73.4. The van der Waals surface area contributed by atoms with Gasteiger partial charge in [0.25, 0.3) is 0 Å². The zero-order valence-corrected chi connectivity index (χ0v) is 33.4. The zero-order valence-electron chi connectivity index (χ0n) is 33.4. The van der Waals surface area contributed by atoms with Gasteiger partial charge in [-0.05, 0) is 79.5 Å². The largest absolute Gasteiger partial charge is 0.299 e. The zero-order chi connectivity index (χ0) is 40.8. The maximum atomic E-state index is 5.37. The molecule has 0 radical (unpaired) electrons. The summed E-state index contributed by atoms with van der Waals surface area (Å²) < 4.78 is 2.16. The molecule has 0 aliphatic heterocycles. The molecule has 1 spiro atoms. The normalized spacial score (nSPS) is 13.0. The number of aromatic nitrogens is 5. The van der Waals surface area contributed by atoms with Crippen LogP contribution in [0.1, 0.15) is 22.3 Å². The van der Waals surface area contributed by atoms with Gasteiger partial charge in [0, 0.05) is 34.0 Å². The fraction of sp³-hybridized carbons (Fsp3) is 0.0175. The molecule has 3 aromatic heterocycles. The lowest BCUT2D eigenvalue weighted by Crippen LogP contribution is -2.25. The van der Waals surface area contributed by atoms with Gasteiger partial charge in [0.15, 0.2) is 17.5 Å². The van der Waals surface area contributed by atoms with Crippen LogP contribution in [0.3, 0.4) is 0 Å². The van der Waals surface area contributed by atoms with Crippen molar-refractivity contribution in [2.24, 2.45) is 0 Å². The minimum absolute atomic E-state index is 0.484. The van der Waals surface area contributed by atoms with Gasteiger partial charge in [0.1, 0.15) is 5.65 Å². The minimum Gasteiger partial charge on any atom is -0.299 e. The average molecular weight is 790 g/mol. The molecule has 0 bridgehead atoms. The van der Waals surface area contributed by atoms with Crippen molar-refractivity contribution in [3.05, 3.63) is 235 Å². The smallest absolute Gasteiger partial charge is 0.164 e. The van der Waals surface area contributed by atoms with Gasteiger partial charge < -0.3 is 0 Å². The van der Waals surface area contributed by atoms with Crippen LogP contribution in [-0.2, 0) is 5.41 Å². The monoisotopic (exact) mass is 789 g/mol. The molecule has 0 unspecified atom stereocenters. The van der Waals surface area contributed by atoms with Gasteiger partial charge in [0.05, 0.1) is 16.8 Å². The number of nitrogens with zero attached hydrogens (tertiary/aromatic N) is 5. The molecule has 13 rings (SSSR count). The number of pyridine rings is 1. The number of imidazole rings is 1. The fourth-order valence-corrected chi connectivity index (χ4v) is 10.3. The highest BCUT2D eigenvalue weighted by atomic mass is 15.0. The van der Waals surface area contributed by atoms with Crippen molar-refractivity contribution in [2.75, 3.05) is 0 Å². The first-order valence-electron chi connectivity index (χ1n) is 21.1. The molecule has 8 aromatic carbocycles. The molecular formula is C57H35N5. The van der Waals surface area contributed by atoms with Crippen molar-refractivity contribution >= 4 is 16.4 Å². The van der Waals surface area contributed by atoms with Crippen LogP contribution >= 0.6 is 0 Å². The highest BCUT2D eigenvalue weighted by molar-refractivity contribution is 5.97. The van der Waals surface area contributed by atoms with Crippen molar-refractivity contribution in [1.82, 2.24) is 24.3 Å².